The van der Waals surface area contributed by atoms with E-state index in [4.69, 9.17) is 0 Å². The van der Waals surface area contributed by atoms with Gasteiger partial charge in [0.05, 0.1) is 6.04 Å². The first-order valence-electron chi connectivity index (χ1n) is 5.82. The van der Waals surface area contributed by atoms with E-state index in [0.29, 0.717) is 12.8 Å². The van der Waals surface area contributed by atoms with Crippen LogP contribution in [-0.2, 0) is 0 Å². The molecule has 2 fully saturated rings. The normalized spacial score (nSPS) is 34.3. The first kappa shape index (κ1) is 10.3. The minimum absolute atomic E-state index is 0.105. The van der Waals surface area contributed by atoms with Gasteiger partial charge in [0.1, 0.15) is 0 Å². The minimum Gasteiger partial charge on any atom is -0.295 e. The molecule has 1 aliphatic heterocycles. The van der Waals surface area contributed by atoms with Gasteiger partial charge < -0.3 is 0 Å². The zero-order valence-electron chi connectivity index (χ0n) is 8.64. The molecule has 1 heterocycles. The van der Waals surface area contributed by atoms with Crippen molar-refractivity contribution in [2.45, 2.75) is 56.9 Å². The van der Waals surface area contributed by atoms with Gasteiger partial charge in [0.2, 0.25) is 0 Å². The van der Waals surface area contributed by atoms with Crippen molar-refractivity contribution in [2.24, 2.45) is 0 Å². The van der Waals surface area contributed by atoms with E-state index in [9.17, 15) is 8.78 Å². The minimum atomic E-state index is -2.42. The average molecular weight is 203 g/mol. The van der Waals surface area contributed by atoms with Crippen molar-refractivity contribution >= 4 is 0 Å². The third-order valence-corrected chi connectivity index (χ3v) is 3.56. The Bertz CT molecular complexity index is 188. The van der Waals surface area contributed by atoms with E-state index in [-0.39, 0.29) is 6.42 Å². The number of halogens is 2. The summed E-state index contributed by atoms with van der Waals surface area (Å²) in [5.74, 6) is -2.42. The van der Waals surface area contributed by atoms with Gasteiger partial charge in [0.15, 0.2) is 0 Å². The van der Waals surface area contributed by atoms with Gasteiger partial charge in [0, 0.05) is 6.42 Å². The molecule has 0 bridgehead atoms. The van der Waals surface area contributed by atoms with Crippen molar-refractivity contribution in [1.82, 2.24) is 4.90 Å². The Morgan fingerprint density at radius 2 is 1.64 bits per heavy atom. The molecule has 0 amide bonds. The molecule has 2 aliphatic rings. The summed E-state index contributed by atoms with van der Waals surface area (Å²) in [6, 6.07) is -0.448. The van der Waals surface area contributed by atoms with Crippen molar-refractivity contribution in [1.29, 1.82) is 0 Å². The van der Waals surface area contributed by atoms with E-state index >= 15 is 0 Å². The largest absolute Gasteiger partial charge is 0.295 e. The predicted molar refractivity (Wildman–Crippen MR) is 52.6 cm³/mol. The van der Waals surface area contributed by atoms with Gasteiger partial charge in [-0.3, -0.25) is 4.90 Å². The molecule has 1 saturated heterocycles. The Morgan fingerprint density at radius 1 is 0.929 bits per heavy atom. The van der Waals surface area contributed by atoms with E-state index in [1.165, 1.54) is 6.42 Å². The smallest absolute Gasteiger partial charge is 0.263 e. The average Bonchev–Trinajstić information content (AvgIpc) is 2.18. The Morgan fingerprint density at radius 3 is 2.29 bits per heavy atom. The van der Waals surface area contributed by atoms with Gasteiger partial charge in [-0.2, -0.15) is 0 Å². The van der Waals surface area contributed by atoms with Gasteiger partial charge >= 0.3 is 0 Å². The highest BCUT2D eigenvalue weighted by molar-refractivity contribution is 4.90. The van der Waals surface area contributed by atoms with Crippen LogP contribution in [0.3, 0.4) is 0 Å². The second-order valence-corrected chi connectivity index (χ2v) is 4.62. The highest BCUT2D eigenvalue weighted by atomic mass is 19.3. The summed E-state index contributed by atoms with van der Waals surface area (Å²) in [5.41, 5.74) is 0. The Hall–Kier alpha value is -0.180. The van der Waals surface area contributed by atoms with Crippen LogP contribution in [0.15, 0.2) is 0 Å². The number of likely N-dealkylation sites (tertiary alicyclic amines) is 1. The number of alkyl halides is 2. The van der Waals surface area contributed by atoms with Gasteiger partial charge in [-0.25, -0.2) is 8.78 Å². The van der Waals surface area contributed by atoms with E-state index in [1.807, 2.05) is 4.90 Å². The highest BCUT2D eigenvalue weighted by Crippen LogP contribution is 2.37. The topological polar surface area (TPSA) is 3.24 Å². The molecule has 0 aromatic carbocycles. The first-order chi connectivity index (χ1) is 6.70. The molecule has 1 aliphatic carbocycles. The zero-order chi connectivity index (χ0) is 10.0. The van der Waals surface area contributed by atoms with Crippen LogP contribution < -0.4 is 0 Å². The number of hydrogen-bond acceptors (Lipinski definition) is 1. The standard InChI is InChI=1S/C11H19F2N/c12-11(13)7-3-2-6-10(11)14-8-4-1-5-9-14/h10H,1-9H2. The third-order valence-electron chi connectivity index (χ3n) is 3.56. The fourth-order valence-electron chi connectivity index (χ4n) is 2.76. The lowest BCUT2D eigenvalue weighted by Gasteiger charge is -2.41. The number of nitrogens with zero attached hydrogens (tertiary/aromatic N) is 1. The highest BCUT2D eigenvalue weighted by Gasteiger charge is 2.44. The lowest BCUT2D eigenvalue weighted by Crippen LogP contribution is -2.51. The van der Waals surface area contributed by atoms with Crippen LogP contribution in [0.5, 0.6) is 0 Å². The molecule has 3 heteroatoms. The molecule has 0 radical (unpaired) electrons. The predicted octanol–water partition coefficient (Wildman–Crippen LogP) is 3.05. The first-order valence-corrected chi connectivity index (χ1v) is 5.82. The molecule has 2 rings (SSSR count). The van der Waals surface area contributed by atoms with Crippen LogP contribution in [0, 0.1) is 0 Å². The van der Waals surface area contributed by atoms with Gasteiger partial charge in [-0.15, -0.1) is 0 Å². The van der Waals surface area contributed by atoms with Gasteiger partial charge in [0.25, 0.3) is 5.92 Å². The van der Waals surface area contributed by atoms with Crippen molar-refractivity contribution in [3.05, 3.63) is 0 Å². The SMILES string of the molecule is FC1(F)CCCCC1N1CCCCC1. The van der Waals surface area contributed by atoms with Crippen molar-refractivity contribution < 1.29 is 8.78 Å². The molecule has 0 aromatic heterocycles. The quantitative estimate of drug-likeness (QED) is 0.633. The van der Waals surface area contributed by atoms with E-state index in [1.54, 1.807) is 0 Å². The molecule has 82 valence electrons. The van der Waals surface area contributed by atoms with Crippen LogP contribution in [0.25, 0.3) is 0 Å². The summed E-state index contributed by atoms with van der Waals surface area (Å²) in [6.07, 6.45) is 5.92. The van der Waals surface area contributed by atoms with Crippen LogP contribution >= 0.6 is 0 Å². The molecule has 0 spiro atoms. The summed E-state index contributed by atoms with van der Waals surface area (Å²) in [4.78, 5) is 2.03. The Balaban J connectivity index is 1.99. The fraction of sp³-hybridized carbons (Fsp3) is 1.00. The molecular formula is C11H19F2N. The summed E-state index contributed by atoms with van der Waals surface area (Å²) in [6.45, 7) is 1.78. The third kappa shape index (κ3) is 2.08. The summed E-state index contributed by atoms with van der Waals surface area (Å²) in [7, 11) is 0. The molecule has 1 atom stereocenters. The number of rotatable bonds is 1. The lowest BCUT2D eigenvalue weighted by molar-refractivity contribution is -0.109. The molecule has 0 N–H and O–H groups in total. The maximum Gasteiger partial charge on any atom is 0.263 e. The van der Waals surface area contributed by atoms with Gasteiger partial charge in [-0.1, -0.05) is 12.8 Å². The maximum absolute atomic E-state index is 13.6. The molecular weight excluding hydrogens is 184 g/mol. The van der Waals surface area contributed by atoms with Crippen molar-refractivity contribution in [2.75, 3.05) is 13.1 Å². The second kappa shape index (κ2) is 4.13. The fourth-order valence-corrected chi connectivity index (χ4v) is 2.76. The summed E-state index contributed by atoms with van der Waals surface area (Å²) < 4.78 is 27.2. The maximum atomic E-state index is 13.6. The monoisotopic (exact) mass is 203 g/mol. The summed E-state index contributed by atoms with van der Waals surface area (Å²) in [5, 5.41) is 0. The van der Waals surface area contributed by atoms with Crippen molar-refractivity contribution in [3.8, 4) is 0 Å². The number of hydrogen-bond donors (Lipinski definition) is 0. The van der Waals surface area contributed by atoms with Crippen molar-refractivity contribution in [3.63, 3.8) is 0 Å². The lowest BCUT2D eigenvalue weighted by atomic mass is 9.89. The van der Waals surface area contributed by atoms with E-state index in [0.717, 1.165) is 32.4 Å². The molecule has 1 nitrogen and oxygen atoms in total. The Labute approximate surface area is 84.5 Å². The zero-order valence-corrected chi connectivity index (χ0v) is 8.64. The van der Waals surface area contributed by atoms with Gasteiger partial charge in [-0.05, 0) is 38.8 Å². The van der Waals surface area contributed by atoms with Crippen LogP contribution in [0.4, 0.5) is 8.78 Å². The van der Waals surface area contributed by atoms with Crippen LogP contribution in [0.2, 0.25) is 0 Å². The molecule has 0 aromatic rings. The Kier molecular flexibility index (Phi) is 3.05. The van der Waals surface area contributed by atoms with E-state index in [2.05, 4.69) is 0 Å². The molecule has 1 unspecified atom stereocenters. The van der Waals surface area contributed by atoms with Crippen LogP contribution in [0.1, 0.15) is 44.9 Å². The second-order valence-electron chi connectivity index (χ2n) is 4.62. The van der Waals surface area contributed by atoms with Crippen LogP contribution in [-0.4, -0.2) is 30.0 Å². The molecule has 14 heavy (non-hydrogen) atoms. The van der Waals surface area contributed by atoms with E-state index < -0.39 is 12.0 Å². The molecule has 1 saturated carbocycles. The summed E-state index contributed by atoms with van der Waals surface area (Å²) >= 11 is 0. The number of piperidine rings is 1.